The van der Waals surface area contributed by atoms with Crippen LogP contribution in [0.1, 0.15) is 27.0 Å². The number of aryl methyl sites for hydroxylation is 2. The Bertz CT molecular complexity index is 671. The van der Waals surface area contributed by atoms with E-state index < -0.39 is 0 Å². The van der Waals surface area contributed by atoms with Crippen LogP contribution in [0.5, 0.6) is 0 Å². The van der Waals surface area contributed by atoms with E-state index in [0.29, 0.717) is 11.1 Å². The summed E-state index contributed by atoms with van der Waals surface area (Å²) in [5, 5.41) is 14.4. The molecule has 5 heteroatoms. The second-order valence-electron chi connectivity index (χ2n) is 4.89. The smallest absolute Gasteiger partial charge is 0.255 e. The zero-order chi connectivity index (χ0) is 15.4. The van der Waals surface area contributed by atoms with Crippen LogP contribution in [-0.4, -0.2) is 17.0 Å². The Morgan fingerprint density at radius 1 is 1.05 bits per heavy atom. The number of nitrogens with zero attached hydrogens (tertiary/aromatic N) is 1. The average molecular weight is 283 g/mol. The molecule has 0 aliphatic carbocycles. The molecule has 2 rings (SSSR count). The Labute approximate surface area is 123 Å². The van der Waals surface area contributed by atoms with E-state index in [9.17, 15) is 4.79 Å². The molecule has 0 aliphatic rings. The summed E-state index contributed by atoms with van der Waals surface area (Å²) in [4.78, 5) is 12.2. The van der Waals surface area contributed by atoms with Gasteiger partial charge in [-0.05, 0) is 49.2 Å². The van der Waals surface area contributed by atoms with Crippen molar-refractivity contribution in [3.8, 4) is 0 Å². The molecule has 0 unspecified atom stereocenters. The Morgan fingerprint density at radius 3 is 2.10 bits per heavy atom. The number of amidine groups is 1. The predicted molar refractivity (Wildman–Crippen MR) is 82.8 cm³/mol. The topological polar surface area (TPSA) is 87.7 Å². The molecule has 2 aromatic rings. The first-order chi connectivity index (χ1) is 9.99. The molecule has 0 spiro atoms. The second-order valence-corrected chi connectivity index (χ2v) is 4.89. The maximum atomic E-state index is 12.2. The van der Waals surface area contributed by atoms with Crippen LogP contribution in [0, 0.1) is 13.8 Å². The Morgan fingerprint density at radius 2 is 1.57 bits per heavy atom. The zero-order valence-electron chi connectivity index (χ0n) is 11.9. The summed E-state index contributed by atoms with van der Waals surface area (Å²) in [5.41, 5.74) is 9.48. The van der Waals surface area contributed by atoms with Crippen molar-refractivity contribution in [1.82, 2.24) is 0 Å². The van der Waals surface area contributed by atoms with Crippen molar-refractivity contribution in [2.75, 3.05) is 5.32 Å². The normalized spacial score (nSPS) is 11.2. The minimum atomic E-state index is -0.203. The largest absolute Gasteiger partial charge is 0.409 e. The van der Waals surface area contributed by atoms with Crippen molar-refractivity contribution in [2.45, 2.75) is 13.8 Å². The van der Waals surface area contributed by atoms with Gasteiger partial charge in [-0.2, -0.15) is 0 Å². The minimum Gasteiger partial charge on any atom is -0.409 e. The lowest BCUT2D eigenvalue weighted by atomic mass is 10.1. The van der Waals surface area contributed by atoms with Crippen LogP contribution in [0.25, 0.3) is 0 Å². The molecule has 0 atom stereocenters. The molecule has 0 fully saturated rings. The second kappa shape index (κ2) is 6.09. The quantitative estimate of drug-likeness (QED) is 0.350. The lowest BCUT2D eigenvalue weighted by molar-refractivity contribution is 0.102. The fourth-order valence-corrected chi connectivity index (χ4v) is 2.10. The first-order valence-corrected chi connectivity index (χ1v) is 6.47. The molecule has 0 saturated heterocycles. The van der Waals surface area contributed by atoms with E-state index in [1.807, 2.05) is 32.0 Å². The first-order valence-electron chi connectivity index (χ1n) is 6.47. The van der Waals surface area contributed by atoms with E-state index in [1.165, 1.54) is 0 Å². The number of hydrogen-bond acceptors (Lipinski definition) is 3. The maximum Gasteiger partial charge on any atom is 0.255 e. The van der Waals surface area contributed by atoms with Crippen LogP contribution in [0.4, 0.5) is 5.69 Å². The molecule has 0 saturated carbocycles. The summed E-state index contributed by atoms with van der Waals surface area (Å²) < 4.78 is 0. The number of hydrogen-bond donors (Lipinski definition) is 3. The maximum absolute atomic E-state index is 12.2. The fourth-order valence-electron chi connectivity index (χ4n) is 2.10. The number of anilines is 1. The summed E-state index contributed by atoms with van der Waals surface area (Å²) in [6.45, 7) is 3.96. The van der Waals surface area contributed by atoms with Crippen molar-refractivity contribution in [3.05, 3.63) is 64.7 Å². The summed E-state index contributed by atoms with van der Waals surface area (Å²) in [7, 11) is 0. The van der Waals surface area contributed by atoms with Crippen molar-refractivity contribution in [2.24, 2.45) is 10.9 Å². The fraction of sp³-hybridized carbons (Fsp3) is 0.125. The van der Waals surface area contributed by atoms with Crippen LogP contribution in [0.15, 0.2) is 47.6 Å². The van der Waals surface area contributed by atoms with Gasteiger partial charge >= 0.3 is 0 Å². The van der Waals surface area contributed by atoms with Crippen molar-refractivity contribution in [1.29, 1.82) is 0 Å². The van der Waals surface area contributed by atoms with E-state index >= 15 is 0 Å². The van der Waals surface area contributed by atoms with Gasteiger partial charge in [-0.3, -0.25) is 4.79 Å². The third kappa shape index (κ3) is 3.60. The molecule has 4 N–H and O–H groups in total. The number of rotatable bonds is 3. The summed E-state index contributed by atoms with van der Waals surface area (Å²) >= 11 is 0. The van der Waals surface area contributed by atoms with E-state index in [1.54, 1.807) is 24.3 Å². The summed E-state index contributed by atoms with van der Waals surface area (Å²) in [6, 6.07) is 12.4. The average Bonchev–Trinajstić information content (AvgIpc) is 2.45. The Balaban J connectivity index is 2.16. The van der Waals surface area contributed by atoms with Gasteiger partial charge in [-0.25, -0.2) is 0 Å². The standard InChI is InChI=1S/C16H17N3O2/c1-10-7-11(2)9-14(8-10)18-16(20)13-5-3-12(4-6-13)15(17)19-21/h3-9,21H,1-2H3,(H2,17,19)(H,18,20). The molecule has 108 valence electrons. The predicted octanol–water partition coefficient (Wildman–Crippen LogP) is 2.65. The molecule has 0 heterocycles. The number of benzene rings is 2. The van der Waals surface area contributed by atoms with E-state index in [2.05, 4.69) is 10.5 Å². The van der Waals surface area contributed by atoms with E-state index in [0.717, 1.165) is 16.8 Å². The van der Waals surface area contributed by atoms with Crippen LogP contribution in [0.2, 0.25) is 0 Å². The van der Waals surface area contributed by atoms with Crippen LogP contribution in [-0.2, 0) is 0 Å². The van der Waals surface area contributed by atoms with Gasteiger partial charge in [0.25, 0.3) is 5.91 Å². The molecule has 0 bridgehead atoms. The number of carbonyl (C=O) groups excluding carboxylic acids is 1. The van der Waals surface area contributed by atoms with Gasteiger partial charge in [0.1, 0.15) is 0 Å². The van der Waals surface area contributed by atoms with Gasteiger partial charge in [0.05, 0.1) is 0 Å². The van der Waals surface area contributed by atoms with Gasteiger partial charge in [0.2, 0.25) is 0 Å². The van der Waals surface area contributed by atoms with Crippen LogP contribution in [0.3, 0.4) is 0 Å². The molecule has 2 aromatic carbocycles. The third-order valence-electron chi connectivity index (χ3n) is 3.03. The highest BCUT2D eigenvalue weighted by Crippen LogP contribution is 2.15. The molecule has 0 aromatic heterocycles. The Hall–Kier alpha value is -2.82. The molecule has 5 nitrogen and oxygen atoms in total. The number of carbonyl (C=O) groups is 1. The number of nitrogens with two attached hydrogens (primary N) is 1. The molecular weight excluding hydrogens is 266 g/mol. The van der Waals surface area contributed by atoms with Crippen LogP contribution < -0.4 is 11.1 Å². The SMILES string of the molecule is Cc1cc(C)cc(NC(=O)c2ccc(/C(N)=N/O)cc2)c1. The first kappa shape index (κ1) is 14.6. The highest BCUT2D eigenvalue weighted by Gasteiger charge is 2.07. The Kier molecular flexibility index (Phi) is 4.23. The van der Waals surface area contributed by atoms with Crippen molar-refractivity contribution < 1.29 is 10.0 Å². The van der Waals surface area contributed by atoms with E-state index in [4.69, 9.17) is 10.9 Å². The van der Waals surface area contributed by atoms with Crippen LogP contribution >= 0.6 is 0 Å². The number of oxime groups is 1. The molecule has 1 amide bonds. The zero-order valence-corrected chi connectivity index (χ0v) is 11.9. The van der Waals surface area contributed by atoms with Gasteiger partial charge < -0.3 is 16.3 Å². The lowest BCUT2D eigenvalue weighted by Crippen LogP contribution is -2.15. The monoisotopic (exact) mass is 283 g/mol. The van der Waals surface area contributed by atoms with Gasteiger partial charge in [0.15, 0.2) is 5.84 Å². The number of amides is 1. The summed E-state index contributed by atoms with van der Waals surface area (Å²) in [6.07, 6.45) is 0. The van der Waals surface area contributed by atoms with Gasteiger partial charge in [-0.1, -0.05) is 23.4 Å². The number of nitrogens with one attached hydrogen (secondary N) is 1. The van der Waals surface area contributed by atoms with Gasteiger partial charge in [0, 0.05) is 16.8 Å². The van der Waals surface area contributed by atoms with Crippen molar-refractivity contribution >= 4 is 17.4 Å². The molecule has 0 radical (unpaired) electrons. The summed E-state index contributed by atoms with van der Waals surface area (Å²) in [5.74, 6) is -0.192. The van der Waals surface area contributed by atoms with E-state index in [-0.39, 0.29) is 11.7 Å². The molecule has 21 heavy (non-hydrogen) atoms. The van der Waals surface area contributed by atoms with Crippen molar-refractivity contribution in [3.63, 3.8) is 0 Å². The highest BCUT2D eigenvalue weighted by molar-refractivity contribution is 6.05. The molecule has 0 aliphatic heterocycles. The highest BCUT2D eigenvalue weighted by atomic mass is 16.4. The van der Waals surface area contributed by atoms with Gasteiger partial charge in [-0.15, -0.1) is 0 Å². The molecular formula is C16H17N3O2. The lowest BCUT2D eigenvalue weighted by Gasteiger charge is -2.08. The third-order valence-corrected chi connectivity index (χ3v) is 3.03. The minimum absolute atomic E-state index is 0.0104.